The number of amides is 1. The molecule has 6 heteroatoms. The van der Waals surface area contributed by atoms with Gasteiger partial charge in [-0.25, -0.2) is 5.43 Å². The van der Waals surface area contributed by atoms with E-state index >= 15 is 0 Å². The fraction of sp³-hybridized carbons (Fsp3) is 0.364. The second kappa shape index (κ2) is 9.26. The molecule has 0 unspecified atom stereocenters. The Morgan fingerprint density at radius 2 is 1.82 bits per heavy atom. The summed E-state index contributed by atoms with van der Waals surface area (Å²) in [6.45, 7) is 1.46. The number of nitrogens with zero attached hydrogens (tertiary/aromatic N) is 1. The summed E-state index contributed by atoms with van der Waals surface area (Å²) in [5.41, 5.74) is 4.45. The van der Waals surface area contributed by atoms with E-state index in [9.17, 15) is 15.0 Å². The van der Waals surface area contributed by atoms with Crippen LogP contribution in [-0.2, 0) is 4.79 Å². The van der Waals surface area contributed by atoms with Gasteiger partial charge in [-0.2, -0.15) is 5.10 Å². The van der Waals surface area contributed by atoms with E-state index in [0.29, 0.717) is 22.9 Å². The summed E-state index contributed by atoms with van der Waals surface area (Å²) in [5.74, 6) is 0.852. The van der Waals surface area contributed by atoms with Gasteiger partial charge in [-0.1, -0.05) is 31.4 Å². The molecule has 28 heavy (non-hydrogen) atoms. The molecule has 3 rings (SSSR count). The van der Waals surface area contributed by atoms with Crippen LogP contribution in [-0.4, -0.2) is 28.4 Å². The standard InChI is InChI=1S/C22H26N2O4/c1-15(20-13-18(25)9-12-21(20)26)23-24-22(27)14-28-19-10-7-17(8-11-19)16-5-3-2-4-6-16/h7-13,16,25-26H,2-6,14H2,1H3,(H,24,27)/b23-15+. The van der Waals surface area contributed by atoms with E-state index < -0.39 is 5.91 Å². The molecule has 0 atom stereocenters. The number of hydrogen-bond acceptors (Lipinski definition) is 5. The van der Waals surface area contributed by atoms with E-state index in [1.165, 1.54) is 55.9 Å². The molecule has 0 spiro atoms. The van der Waals surface area contributed by atoms with E-state index in [4.69, 9.17) is 4.74 Å². The molecule has 0 radical (unpaired) electrons. The lowest BCUT2D eigenvalue weighted by molar-refractivity contribution is -0.123. The molecule has 6 nitrogen and oxygen atoms in total. The number of hydrogen-bond donors (Lipinski definition) is 3. The molecular formula is C22H26N2O4. The third-order valence-corrected chi connectivity index (χ3v) is 5.04. The van der Waals surface area contributed by atoms with Gasteiger partial charge in [0.15, 0.2) is 6.61 Å². The number of ether oxygens (including phenoxy) is 1. The van der Waals surface area contributed by atoms with Gasteiger partial charge in [0.1, 0.15) is 17.2 Å². The van der Waals surface area contributed by atoms with Crippen LogP contribution in [0.3, 0.4) is 0 Å². The molecule has 0 saturated heterocycles. The highest BCUT2D eigenvalue weighted by atomic mass is 16.5. The van der Waals surface area contributed by atoms with Gasteiger partial charge >= 0.3 is 0 Å². The van der Waals surface area contributed by atoms with E-state index in [-0.39, 0.29) is 18.1 Å². The minimum atomic E-state index is -0.407. The van der Waals surface area contributed by atoms with Crippen molar-refractivity contribution in [1.82, 2.24) is 5.43 Å². The molecule has 1 aliphatic carbocycles. The molecule has 0 aromatic heterocycles. The van der Waals surface area contributed by atoms with Crippen LogP contribution in [0, 0.1) is 0 Å². The summed E-state index contributed by atoms with van der Waals surface area (Å²) in [5, 5.41) is 23.3. The normalized spacial score (nSPS) is 15.2. The highest BCUT2D eigenvalue weighted by Gasteiger charge is 2.15. The summed E-state index contributed by atoms with van der Waals surface area (Å²) >= 11 is 0. The van der Waals surface area contributed by atoms with E-state index in [1.54, 1.807) is 6.92 Å². The van der Waals surface area contributed by atoms with E-state index in [1.807, 2.05) is 12.1 Å². The van der Waals surface area contributed by atoms with Crippen molar-refractivity contribution in [2.75, 3.05) is 6.61 Å². The second-order valence-electron chi connectivity index (χ2n) is 7.13. The molecule has 1 fully saturated rings. The lowest BCUT2D eigenvalue weighted by Crippen LogP contribution is -2.25. The van der Waals surface area contributed by atoms with Gasteiger partial charge in [-0.3, -0.25) is 4.79 Å². The number of aromatic hydroxyl groups is 2. The third kappa shape index (κ3) is 5.25. The van der Waals surface area contributed by atoms with Crippen molar-refractivity contribution in [1.29, 1.82) is 0 Å². The average molecular weight is 382 g/mol. The predicted molar refractivity (Wildman–Crippen MR) is 108 cm³/mol. The first-order valence-electron chi connectivity index (χ1n) is 9.61. The number of carbonyl (C=O) groups is 1. The fourth-order valence-corrected chi connectivity index (χ4v) is 3.47. The molecule has 0 heterocycles. The summed E-state index contributed by atoms with van der Waals surface area (Å²) in [6.07, 6.45) is 6.41. The highest BCUT2D eigenvalue weighted by Crippen LogP contribution is 2.33. The molecule has 1 saturated carbocycles. The van der Waals surface area contributed by atoms with Gasteiger partial charge in [0.2, 0.25) is 0 Å². The second-order valence-corrected chi connectivity index (χ2v) is 7.13. The molecule has 1 amide bonds. The summed E-state index contributed by atoms with van der Waals surface area (Å²) in [6, 6.07) is 12.1. The zero-order chi connectivity index (χ0) is 19.9. The van der Waals surface area contributed by atoms with Crippen molar-refractivity contribution in [2.24, 2.45) is 5.10 Å². The number of phenolic OH excluding ortho intramolecular Hbond substituents is 2. The molecule has 2 aromatic carbocycles. The van der Waals surface area contributed by atoms with Crippen LogP contribution in [0.1, 0.15) is 56.1 Å². The van der Waals surface area contributed by atoms with Crippen molar-refractivity contribution in [2.45, 2.75) is 44.9 Å². The molecular weight excluding hydrogens is 356 g/mol. The van der Waals surface area contributed by atoms with Gasteiger partial charge in [-0.05, 0) is 61.6 Å². The van der Waals surface area contributed by atoms with Gasteiger partial charge in [0.05, 0.1) is 5.71 Å². The van der Waals surface area contributed by atoms with Crippen LogP contribution in [0.25, 0.3) is 0 Å². The first kappa shape index (κ1) is 19.7. The lowest BCUT2D eigenvalue weighted by Gasteiger charge is -2.22. The first-order valence-corrected chi connectivity index (χ1v) is 9.61. The lowest BCUT2D eigenvalue weighted by atomic mass is 9.84. The van der Waals surface area contributed by atoms with Gasteiger partial charge in [-0.15, -0.1) is 0 Å². The maximum Gasteiger partial charge on any atom is 0.277 e. The van der Waals surface area contributed by atoms with Crippen molar-refractivity contribution in [3.05, 3.63) is 53.6 Å². The van der Waals surface area contributed by atoms with Gasteiger partial charge < -0.3 is 14.9 Å². The molecule has 3 N–H and O–H groups in total. The quantitative estimate of drug-likeness (QED) is 0.399. The topological polar surface area (TPSA) is 91.2 Å². The van der Waals surface area contributed by atoms with Crippen molar-refractivity contribution in [3.8, 4) is 17.2 Å². The minimum absolute atomic E-state index is 0.00804. The molecule has 0 bridgehead atoms. The number of rotatable bonds is 6. The summed E-state index contributed by atoms with van der Waals surface area (Å²) < 4.78 is 5.52. The Morgan fingerprint density at radius 1 is 1.11 bits per heavy atom. The van der Waals surface area contributed by atoms with Gasteiger partial charge in [0, 0.05) is 5.56 Å². The zero-order valence-corrected chi connectivity index (χ0v) is 16.0. The van der Waals surface area contributed by atoms with E-state index in [0.717, 1.165) is 0 Å². The summed E-state index contributed by atoms with van der Waals surface area (Å²) in [4.78, 5) is 12.0. The molecule has 1 aliphatic rings. The Hall–Kier alpha value is -3.02. The third-order valence-electron chi connectivity index (χ3n) is 5.04. The Bertz CT molecular complexity index is 840. The Labute approximate surface area is 164 Å². The zero-order valence-electron chi connectivity index (χ0n) is 16.0. The monoisotopic (exact) mass is 382 g/mol. The predicted octanol–water partition coefficient (Wildman–Crippen LogP) is 4.06. The highest BCUT2D eigenvalue weighted by molar-refractivity contribution is 6.01. The largest absolute Gasteiger partial charge is 0.508 e. The maximum atomic E-state index is 12.0. The van der Waals surface area contributed by atoms with Crippen molar-refractivity contribution >= 4 is 11.6 Å². The molecule has 148 valence electrons. The Balaban J connectivity index is 1.50. The summed E-state index contributed by atoms with van der Waals surface area (Å²) in [7, 11) is 0. The van der Waals surface area contributed by atoms with Crippen LogP contribution in [0.5, 0.6) is 17.2 Å². The number of benzene rings is 2. The maximum absolute atomic E-state index is 12.0. The molecule has 0 aliphatic heterocycles. The van der Waals surface area contributed by atoms with Crippen molar-refractivity contribution in [3.63, 3.8) is 0 Å². The van der Waals surface area contributed by atoms with E-state index in [2.05, 4.69) is 22.7 Å². The SMILES string of the molecule is C/C(=N\NC(=O)COc1ccc(C2CCCCC2)cc1)c1cc(O)ccc1O. The first-order chi connectivity index (χ1) is 13.5. The number of carbonyl (C=O) groups excluding carboxylic acids is 1. The number of hydrazone groups is 1. The van der Waals surface area contributed by atoms with Crippen molar-refractivity contribution < 1.29 is 19.7 Å². The minimum Gasteiger partial charge on any atom is -0.508 e. The number of phenols is 2. The van der Waals surface area contributed by atoms with Crippen LogP contribution in [0.4, 0.5) is 0 Å². The number of nitrogens with one attached hydrogen (secondary N) is 1. The van der Waals surface area contributed by atoms with Gasteiger partial charge in [0.25, 0.3) is 5.91 Å². The Kier molecular flexibility index (Phi) is 6.53. The smallest absolute Gasteiger partial charge is 0.277 e. The Morgan fingerprint density at radius 3 is 2.54 bits per heavy atom. The molecule has 2 aromatic rings. The van der Waals surface area contributed by atoms with Crippen LogP contribution < -0.4 is 10.2 Å². The fourth-order valence-electron chi connectivity index (χ4n) is 3.47. The van der Waals surface area contributed by atoms with Crippen LogP contribution >= 0.6 is 0 Å². The van der Waals surface area contributed by atoms with Crippen LogP contribution in [0.2, 0.25) is 0 Å². The van der Waals surface area contributed by atoms with Crippen LogP contribution in [0.15, 0.2) is 47.6 Å². The average Bonchev–Trinajstić information content (AvgIpc) is 2.73.